The van der Waals surface area contributed by atoms with Gasteiger partial charge in [0.2, 0.25) is 5.01 Å². The molecular weight excluding hydrogens is 222 g/mol. The first-order chi connectivity index (χ1) is 7.58. The molecule has 0 aliphatic rings. The van der Waals surface area contributed by atoms with Crippen LogP contribution in [0.3, 0.4) is 0 Å². The molecule has 1 N–H and O–H groups in total. The van der Waals surface area contributed by atoms with Crippen LogP contribution in [0.25, 0.3) is 11.3 Å². The summed E-state index contributed by atoms with van der Waals surface area (Å²) >= 11 is 1.21. The number of hydrogen-bond acceptors (Lipinski definition) is 3. The van der Waals surface area contributed by atoms with E-state index in [0.29, 0.717) is 0 Å². The Labute approximate surface area is 97.4 Å². The Hall–Kier alpha value is -1.68. The molecule has 0 saturated heterocycles. The van der Waals surface area contributed by atoms with E-state index in [1.165, 1.54) is 16.9 Å². The van der Waals surface area contributed by atoms with Crippen LogP contribution in [0.15, 0.2) is 24.3 Å². The van der Waals surface area contributed by atoms with E-state index >= 15 is 0 Å². The van der Waals surface area contributed by atoms with Crippen molar-refractivity contribution in [3.63, 3.8) is 0 Å². The molecule has 2 aromatic rings. The van der Waals surface area contributed by atoms with Gasteiger partial charge in [-0.1, -0.05) is 29.8 Å². The highest BCUT2D eigenvalue weighted by Gasteiger charge is 2.14. The van der Waals surface area contributed by atoms with E-state index in [9.17, 15) is 4.79 Å². The van der Waals surface area contributed by atoms with E-state index in [4.69, 9.17) is 5.11 Å². The van der Waals surface area contributed by atoms with Crippen molar-refractivity contribution < 1.29 is 9.90 Å². The van der Waals surface area contributed by atoms with Gasteiger partial charge in [0.15, 0.2) is 0 Å². The summed E-state index contributed by atoms with van der Waals surface area (Å²) in [6, 6.07) is 7.91. The van der Waals surface area contributed by atoms with Crippen LogP contribution in [0.1, 0.15) is 20.2 Å². The maximum Gasteiger partial charge on any atom is 0.365 e. The van der Waals surface area contributed by atoms with Crippen LogP contribution in [-0.2, 0) is 0 Å². The molecule has 0 radical (unpaired) electrons. The van der Waals surface area contributed by atoms with E-state index in [1.54, 1.807) is 0 Å². The van der Waals surface area contributed by atoms with Crippen LogP contribution in [0.4, 0.5) is 0 Å². The first-order valence-corrected chi connectivity index (χ1v) is 5.67. The van der Waals surface area contributed by atoms with Gasteiger partial charge in [-0.25, -0.2) is 9.78 Å². The fraction of sp³-hybridized carbons (Fsp3) is 0.167. The Kier molecular flexibility index (Phi) is 2.75. The second-order valence-corrected chi connectivity index (χ2v) is 4.80. The Balaban J connectivity index is 2.47. The maximum atomic E-state index is 10.8. The highest BCUT2D eigenvalue weighted by molar-refractivity contribution is 7.13. The van der Waals surface area contributed by atoms with Crippen LogP contribution in [0, 0.1) is 13.8 Å². The molecule has 0 saturated carbocycles. The third kappa shape index (κ3) is 1.97. The fourth-order valence-corrected chi connectivity index (χ4v) is 2.24. The smallest absolute Gasteiger partial charge is 0.365 e. The van der Waals surface area contributed by atoms with Gasteiger partial charge < -0.3 is 5.11 Å². The molecule has 0 fully saturated rings. The van der Waals surface area contributed by atoms with E-state index in [-0.39, 0.29) is 5.01 Å². The number of rotatable bonds is 2. The van der Waals surface area contributed by atoms with Crippen molar-refractivity contribution in [3.8, 4) is 11.3 Å². The van der Waals surface area contributed by atoms with Crippen LogP contribution in [0.5, 0.6) is 0 Å². The van der Waals surface area contributed by atoms with Crippen LogP contribution >= 0.6 is 11.3 Å². The lowest BCUT2D eigenvalue weighted by atomic mass is 10.1. The standard InChI is InChI=1S/C12H11NO2S/c1-7-3-5-9(6-4-7)10-8(2)16-11(13-10)12(14)15/h3-6H,1-2H3,(H,14,15). The molecule has 1 aromatic heterocycles. The molecule has 0 amide bonds. The minimum Gasteiger partial charge on any atom is -0.476 e. The molecule has 0 aliphatic carbocycles. The molecule has 4 heteroatoms. The van der Waals surface area contributed by atoms with E-state index in [0.717, 1.165) is 16.1 Å². The topological polar surface area (TPSA) is 50.2 Å². The highest BCUT2D eigenvalue weighted by Crippen LogP contribution is 2.27. The molecule has 0 aliphatic heterocycles. The molecule has 2 rings (SSSR count). The van der Waals surface area contributed by atoms with Gasteiger partial charge in [-0.3, -0.25) is 0 Å². The van der Waals surface area contributed by atoms with Crippen molar-refractivity contribution in [2.24, 2.45) is 0 Å². The summed E-state index contributed by atoms with van der Waals surface area (Å²) < 4.78 is 0. The second kappa shape index (κ2) is 4.06. The maximum absolute atomic E-state index is 10.8. The number of thiazole rings is 1. The number of nitrogens with zero attached hydrogens (tertiary/aromatic N) is 1. The van der Waals surface area contributed by atoms with E-state index < -0.39 is 5.97 Å². The van der Waals surface area contributed by atoms with E-state index in [1.807, 2.05) is 38.1 Å². The molecule has 0 atom stereocenters. The van der Waals surface area contributed by atoms with Gasteiger partial charge in [-0.05, 0) is 13.8 Å². The van der Waals surface area contributed by atoms with Gasteiger partial charge in [0.05, 0.1) is 5.69 Å². The predicted octanol–water partition coefficient (Wildman–Crippen LogP) is 3.13. The third-order valence-electron chi connectivity index (χ3n) is 2.30. The number of hydrogen-bond donors (Lipinski definition) is 1. The average molecular weight is 233 g/mol. The Bertz CT molecular complexity index is 528. The van der Waals surface area contributed by atoms with Crippen LogP contribution < -0.4 is 0 Å². The van der Waals surface area contributed by atoms with Crippen LogP contribution in [0.2, 0.25) is 0 Å². The molecule has 0 unspecified atom stereocenters. The predicted molar refractivity (Wildman–Crippen MR) is 64.0 cm³/mol. The lowest BCUT2D eigenvalue weighted by molar-refractivity contribution is 0.0696. The SMILES string of the molecule is Cc1ccc(-c2nc(C(=O)O)sc2C)cc1. The normalized spacial score (nSPS) is 10.4. The van der Waals surface area contributed by atoms with Crippen molar-refractivity contribution in [1.82, 2.24) is 4.98 Å². The Morgan fingerprint density at radius 3 is 2.38 bits per heavy atom. The fourth-order valence-electron chi connectivity index (χ4n) is 1.47. The number of aromatic nitrogens is 1. The molecule has 0 bridgehead atoms. The summed E-state index contributed by atoms with van der Waals surface area (Å²) in [6.45, 7) is 3.90. The number of benzene rings is 1. The molecule has 1 heterocycles. The zero-order valence-corrected chi connectivity index (χ0v) is 9.84. The van der Waals surface area contributed by atoms with Gasteiger partial charge >= 0.3 is 5.97 Å². The number of aromatic carboxylic acids is 1. The van der Waals surface area contributed by atoms with Crippen molar-refractivity contribution in [2.75, 3.05) is 0 Å². The molecular formula is C12H11NO2S. The lowest BCUT2D eigenvalue weighted by Crippen LogP contribution is -1.94. The van der Waals surface area contributed by atoms with Gasteiger partial charge in [-0.15, -0.1) is 11.3 Å². The summed E-state index contributed by atoms with van der Waals surface area (Å²) in [5.74, 6) is -0.966. The second-order valence-electron chi connectivity index (χ2n) is 3.59. The molecule has 16 heavy (non-hydrogen) atoms. The minimum atomic E-state index is -0.966. The number of carbonyl (C=O) groups is 1. The Morgan fingerprint density at radius 2 is 1.88 bits per heavy atom. The first kappa shape index (κ1) is 10.8. The quantitative estimate of drug-likeness (QED) is 0.867. The van der Waals surface area contributed by atoms with Gasteiger partial charge in [0.1, 0.15) is 0 Å². The monoisotopic (exact) mass is 233 g/mol. The summed E-state index contributed by atoms with van der Waals surface area (Å²) in [4.78, 5) is 15.9. The van der Waals surface area contributed by atoms with Gasteiger partial charge in [0, 0.05) is 10.4 Å². The summed E-state index contributed by atoms with van der Waals surface area (Å²) in [7, 11) is 0. The van der Waals surface area contributed by atoms with Crippen molar-refractivity contribution in [3.05, 3.63) is 39.7 Å². The summed E-state index contributed by atoms with van der Waals surface area (Å²) in [5.41, 5.74) is 2.91. The summed E-state index contributed by atoms with van der Waals surface area (Å²) in [6.07, 6.45) is 0. The molecule has 3 nitrogen and oxygen atoms in total. The third-order valence-corrected chi connectivity index (χ3v) is 3.26. The number of carboxylic acids is 1. The van der Waals surface area contributed by atoms with Crippen molar-refractivity contribution in [1.29, 1.82) is 0 Å². The zero-order chi connectivity index (χ0) is 11.7. The summed E-state index contributed by atoms with van der Waals surface area (Å²) in [5, 5.41) is 9.01. The Morgan fingerprint density at radius 1 is 1.25 bits per heavy atom. The average Bonchev–Trinajstić information content (AvgIpc) is 2.62. The molecule has 0 spiro atoms. The molecule has 1 aromatic carbocycles. The van der Waals surface area contributed by atoms with Gasteiger partial charge in [-0.2, -0.15) is 0 Å². The van der Waals surface area contributed by atoms with Gasteiger partial charge in [0.25, 0.3) is 0 Å². The highest BCUT2D eigenvalue weighted by atomic mass is 32.1. The first-order valence-electron chi connectivity index (χ1n) is 4.85. The minimum absolute atomic E-state index is 0.146. The van der Waals surface area contributed by atoms with Crippen molar-refractivity contribution in [2.45, 2.75) is 13.8 Å². The van der Waals surface area contributed by atoms with Crippen molar-refractivity contribution >= 4 is 17.3 Å². The van der Waals surface area contributed by atoms with Crippen LogP contribution in [-0.4, -0.2) is 16.1 Å². The largest absolute Gasteiger partial charge is 0.476 e. The lowest BCUT2D eigenvalue weighted by Gasteiger charge is -1.98. The number of carboxylic acid groups (broad SMARTS) is 1. The molecule has 82 valence electrons. The van der Waals surface area contributed by atoms with E-state index in [2.05, 4.69) is 4.98 Å². The zero-order valence-electron chi connectivity index (χ0n) is 9.02. The number of aryl methyl sites for hydroxylation is 2.